The van der Waals surface area contributed by atoms with Crippen LogP contribution in [0, 0.1) is 11.8 Å². The molecule has 3 saturated heterocycles. The number of ether oxygens (including phenoxy) is 1. The van der Waals surface area contributed by atoms with Crippen LogP contribution in [-0.2, 0) is 19.1 Å². The smallest absolute Gasteiger partial charge is 0.310 e. The number of hydrogen-bond acceptors (Lipinski definition) is 6. The lowest BCUT2D eigenvalue weighted by atomic mass is 9.71. The fourth-order valence-electron chi connectivity index (χ4n) is 6.02. The van der Waals surface area contributed by atoms with Gasteiger partial charge in [-0.1, -0.05) is 31.9 Å². The van der Waals surface area contributed by atoms with Gasteiger partial charge in [-0.15, -0.1) is 24.9 Å². The number of likely N-dealkylation sites (tertiary alicyclic amines) is 1. The van der Waals surface area contributed by atoms with Crippen molar-refractivity contribution in [2.45, 2.75) is 80.7 Å². The standard InChI is InChI=1S/C27H42N2O5S/c1-4-7-10-16-28(15-6-3)25(32)23-27-14-13-20(35-27)21(26(33)34-19-8-5-2)22(27)24(31)29(23)17-11-9-12-18-30/h5-6,20-23,30H,2-4,7-19H2,1H3/t20-,21+,22+,23?,27?/m1/s1. The van der Waals surface area contributed by atoms with Gasteiger partial charge in [-0.25, -0.2) is 0 Å². The predicted molar refractivity (Wildman–Crippen MR) is 139 cm³/mol. The van der Waals surface area contributed by atoms with E-state index in [9.17, 15) is 19.5 Å². The van der Waals surface area contributed by atoms with Gasteiger partial charge < -0.3 is 19.6 Å². The number of hydrogen-bond donors (Lipinski definition) is 1. The van der Waals surface area contributed by atoms with E-state index in [1.54, 1.807) is 28.8 Å². The predicted octanol–water partition coefficient (Wildman–Crippen LogP) is 3.56. The van der Waals surface area contributed by atoms with Gasteiger partial charge in [0.05, 0.1) is 23.2 Å². The summed E-state index contributed by atoms with van der Waals surface area (Å²) in [6.07, 6.45) is 10.8. The van der Waals surface area contributed by atoms with Crippen molar-refractivity contribution < 1.29 is 24.2 Å². The maximum absolute atomic E-state index is 14.1. The Morgan fingerprint density at radius 2 is 2.03 bits per heavy atom. The minimum Gasteiger partial charge on any atom is -0.465 e. The lowest BCUT2D eigenvalue weighted by molar-refractivity contribution is -0.154. The van der Waals surface area contributed by atoms with Crippen molar-refractivity contribution in [1.29, 1.82) is 0 Å². The van der Waals surface area contributed by atoms with Crippen molar-refractivity contribution in [1.82, 2.24) is 9.80 Å². The van der Waals surface area contributed by atoms with E-state index in [4.69, 9.17) is 4.74 Å². The number of rotatable bonds is 16. The number of amides is 2. The Bertz CT molecular complexity index is 790. The van der Waals surface area contributed by atoms with Gasteiger partial charge in [0.1, 0.15) is 6.04 Å². The second-order valence-corrected chi connectivity index (χ2v) is 11.5. The number of thioether (sulfide) groups is 1. The van der Waals surface area contributed by atoms with Crippen molar-refractivity contribution in [3.05, 3.63) is 25.3 Å². The summed E-state index contributed by atoms with van der Waals surface area (Å²) >= 11 is 1.68. The molecule has 3 rings (SSSR count). The highest BCUT2D eigenvalue weighted by Gasteiger charge is 2.74. The Morgan fingerprint density at radius 3 is 2.71 bits per heavy atom. The van der Waals surface area contributed by atoms with Gasteiger partial charge in [-0.05, 0) is 44.9 Å². The first-order valence-corrected chi connectivity index (χ1v) is 14.1. The molecular weight excluding hydrogens is 464 g/mol. The number of carbonyl (C=O) groups is 3. The largest absolute Gasteiger partial charge is 0.465 e. The van der Waals surface area contributed by atoms with Crippen LogP contribution in [-0.4, -0.2) is 81.6 Å². The summed E-state index contributed by atoms with van der Waals surface area (Å²) in [4.78, 5) is 44.7. The van der Waals surface area contributed by atoms with Crippen LogP contribution in [0.2, 0.25) is 0 Å². The van der Waals surface area contributed by atoms with E-state index < -0.39 is 22.6 Å². The highest BCUT2D eigenvalue weighted by Crippen LogP contribution is 2.66. The zero-order valence-corrected chi connectivity index (χ0v) is 22.0. The number of aliphatic hydroxyl groups is 1. The van der Waals surface area contributed by atoms with Crippen LogP contribution in [0.5, 0.6) is 0 Å². The summed E-state index contributed by atoms with van der Waals surface area (Å²) in [6.45, 7) is 11.6. The molecule has 35 heavy (non-hydrogen) atoms. The monoisotopic (exact) mass is 506 g/mol. The molecule has 0 aromatic rings. The topological polar surface area (TPSA) is 87.1 Å². The molecule has 1 N–H and O–H groups in total. The van der Waals surface area contributed by atoms with Crippen LogP contribution in [0.25, 0.3) is 0 Å². The molecular formula is C27H42N2O5S. The van der Waals surface area contributed by atoms with Gasteiger partial charge >= 0.3 is 5.97 Å². The molecule has 3 heterocycles. The first-order valence-electron chi connectivity index (χ1n) is 13.2. The van der Waals surface area contributed by atoms with Gasteiger partial charge in [0.2, 0.25) is 11.8 Å². The summed E-state index contributed by atoms with van der Waals surface area (Å²) < 4.78 is 4.96. The van der Waals surface area contributed by atoms with E-state index in [-0.39, 0.29) is 36.2 Å². The van der Waals surface area contributed by atoms with Crippen molar-refractivity contribution in [3.63, 3.8) is 0 Å². The Kier molecular flexibility index (Phi) is 10.3. The summed E-state index contributed by atoms with van der Waals surface area (Å²) in [5.41, 5.74) is 0. The molecule has 3 aliphatic rings. The lowest BCUT2D eigenvalue weighted by Crippen LogP contribution is -2.55. The SMILES string of the molecule is C=CCCOC(=O)[C@@H]1[C@H]2C(=O)N(CCCCCO)C(C(=O)N(CC=C)CCCCC)C23CC[C@H]1S3. The molecule has 0 radical (unpaired) electrons. The highest BCUT2D eigenvalue weighted by atomic mass is 32.2. The summed E-state index contributed by atoms with van der Waals surface area (Å²) in [5.74, 6) is -1.44. The molecule has 2 unspecified atom stereocenters. The number of fused-ring (bicyclic) bond motifs is 1. The summed E-state index contributed by atoms with van der Waals surface area (Å²) in [6, 6.07) is -0.573. The Balaban J connectivity index is 1.89. The number of aliphatic hydroxyl groups excluding tert-OH is 1. The molecule has 1 spiro atoms. The van der Waals surface area contributed by atoms with E-state index in [0.29, 0.717) is 32.5 Å². The van der Waals surface area contributed by atoms with Gasteiger partial charge in [-0.2, -0.15) is 0 Å². The Hall–Kier alpha value is -1.80. The maximum atomic E-state index is 14.1. The van der Waals surface area contributed by atoms with E-state index >= 15 is 0 Å². The number of carbonyl (C=O) groups excluding carboxylic acids is 3. The quantitative estimate of drug-likeness (QED) is 0.196. The first kappa shape index (κ1) is 27.8. The second kappa shape index (κ2) is 12.9. The minimum absolute atomic E-state index is 0.0139. The number of nitrogens with zero attached hydrogens (tertiary/aromatic N) is 2. The van der Waals surface area contributed by atoms with Crippen molar-refractivity contribution >= 4 is 29.5 Å². The fourth-order valence-corrected chi connectivity index (χ4v) is 8.22. The molecule has 5 atom stereocenters. The van der Waals surface area contributed by atoms with Crippen LogP contribution < -0.4 is 0 Å². The Morgan fingerprint density at radius 1 is 1.23 bits per heavy atom. The molecule has 2 bridgehead atoms. The van der Waals surface area contributed by atoms with Gasteiger partial charge in [-0.3, -0.25) is 14.4 Å². The molecule has 196 valence electrons. The van der Waals surface area contributed by atoms with E-state index in [1.165, 1.54) is 0 Å². The lowest BCUT2D eigenvalue weighted by Gasteiger charge is -2.37. The maximum Gasteiger partial charge on any atom is 0.310 e. The number of unbranched alkanes of at least 4 members (excludes halogenated alkanes) is 4. The van der Waals surface area contributed by atoms with Crippen LogP contribution in [0.4, 0.5) is 0 Å². The van der Waals surface area contributed by atoms with Crippen LogP contribution in [0.3, 0.4) is 0 Å². The van der Waals surface area contributed by atoms with Gasteiger partial charge in [0.25, 0.3) is 0 Å². The van der Waals surface area contributed by atoms with Crippen molar-refractivity contribution in [2.24, 2.45) is 11.8 Å². The molecule has 0 aromatic heterocycles. The molecule has 2 amide bonds. The van der Waals surface area contributed by atoms with E-state index in [0.717, 1.165) is 44.9 Å². The van der Waals surface area contributed by atoms with Gasteiger partial charge in [0.15, 0.2) is 0 Å². The third-order valence-electron chi connectivity index (χ3n) is 7.62. The van der Waals surface area contributed by atoms with Crippen molar-refractivity contribution in [2.75, 3.05) is 32.8 Å². The zero-order chi connectivity index (χ0) is 25.4. The van der Waals surface area contributed by atoms with Crippen LogP contribution >= 0.6 is 11.8 Å². The molecule has 7 nitrogen and oxygen atoms in total. The molecule has 3 aliphatic heterocycles. The van der Waals surface area contributed by atoms with E-state index in [1.807, 2.05) is 4.90 Å². The zero-order valence-electron chi connectivity index (χ0n) is 21.2. The van der Waals surface area contributed by atoms with Crippen LogP contribution in [0.1, 0.15) is 64.7 Å². The summed E-state index contributed by atoms with van der Waals surface area (Å²) in [7, 11) is 0. The molecule has 8 heteroatoms. The fraction of sp³-hybridized carbons (Fsp3) is 0.741. The molecule has 0 aliphatic carbocycles. The van der Waals surface area contributed by atoms with Crippen LogP contribution in [0.15, 0.2) is 25.3 Å². The minimum atomic E-state index is -0.581. The average Bonchev–Trinajstić information content (AvgIpc) is 3.48. The third kappa shape index (κ3) is 5.63. The normalized spacial score (nSPS) is 28.7. The average molecular weight is 507 g/mol. The Labute approximate surface area is 214 Å². The van der Waals surface area contributed by atoms with E-state index in [2.05, 4.69) is 20.1 Å². The molecule has 0 aromatic carbocycles. The number of esters is 1. The third-order valence-corrected chi connectivity index (χ3v) is 9.57. The summed E-state index contributed by atoms with van der Waals surface area (Å²) in [5, 5.41) is 9.19. The van der Waals surface area contributed by atoms with Gasteiger partial charge in [0, 0.05) is 31.5 Å². The second-order valence-electron chi connectivity index (χ2n) is 9.90. The first-order chi connectivity index (χ1) is 17.0. The molecule has 0 saturated carbocycles. The van der Waals surface area contributed by atoms with Crippen molar-refractivity contribution in [3.8, 4) is 0 Å². The molecule has 3 fully saturated rings. The highest BCUT2D eigenvalue weighted by molar-refractivity contribution is 8.02.